The highest BCUT2D eigenvalue weighted by Gasteiger charge is 2.22. The summed E-state index contributed by atoms with van der Waals surface area (Å²) in [5, 5.41) is 7.35. The van der Waals surface area contributed by atoms with Crippen LogP contribution in [0.1, 0.15) is 24.0 Å². The standard InChI is InChI=1S/C27H27F2N5O2S/c1-17-12-23(34-37(35,36)16-18-6-3-2-4-7-18)25(28)26(29)24(17)19-9-10-22-20(13-19)14-31-27(33-22)32-21-8-5-11-30-15-21/h2-4,6-7,9-10,12-14,21,30,34H,5,8,11,15-16H2,1H3,(H,31,32,33)/t21-/m0/s1. The molecule has 0 radical (unpaired) electrons. The second-order valence-electron chi connectivity index (χ2n) is 9.25. The molecule has 0 unspecified atom stereocenters. The van der Waals surface area contributed by atoms with Crippen LogP contribution in [-0.4, -0.2) is 37.5 Å². The van der Waals surface area contributed by atoms with E-state index in [1.54, 1.807) is 61.7 Å². The Balaban J connectivity index is 1.40. The van der Waals surface area contributed by atoms with Gasteiger partial charge in [-0.2, -0.15) is 0 Å². The van der Waals surface area contributed by atoms with Crippen LogP contribution in [0, 0.1) is 18.6 Å². The smallest absolute Gasteiger partial charge is 0.237 e. The average molecular weight is 524 g/mol. The molecule has 0 spiro atoms. The highest BCUT2D eigenvalue weighted by Crippen LogP contribution is 2.34. The van der Waals surface area contributed by atoms with Crippen molar-refractivity contribution in [2.45, 2.75) is 31.6 Å². The largest absolute Gasteiger partial charge is 0.350 e. The second kappa shape index (κ2) is 10.4. The summed E-state index contributed by atoms with van der Waals surface area (Å²) < 4.78 is 57.7. The lowest BCUT2D eigenvalue weighted by Crippen LogP contribution is -2.38. The van der Waals surface area contributed by atoms with Crippen LogP contribution in [-0.2, 0) is 15.8 Å². The lowest BCUT2D eigenvalue weighted by atomic mass is 9.97. The van der Waals surface area contributed by atoms with Gasteiger partial charge in [0.05, 0.1) is 17.0 Å². The summed E-state index contributed by atoms with van der Waals surface area (Å²) in [6.45, 7) is 3.47. The second-order valence-corrected chi connectivity index (χ2v) is 11.0. The Morgan fingerprint density at radius 1 is 1.08 bits per heavy atom. The van der Waals surface area contributed by atoms with Crippen LogP contribution in [0.2, 0.25) is 0 Å². The summed E-state index contributed by atoms with van der Waals surface area (Å²) >= 11 is 0. The Morgan fingerprint density at radius 3 is 2.65 bits per heavy atom. The minimum absolute atomic E-state index is 0.0564. The molecule has 5 rings (SSSR count). The zero-order valence-electron chi connectivity index (χ0n) is 20.3. The molecule has 1 aromatic heterocycles. The number of rotatable bonds is 7. The number of aromatic nitrogens is 2. The molecule has 1 fully saturated rings. The molecule has 10 heteroatoms. The van der Waals surface area contributed by atoms with Crippen LogP contribution in [0.3, 0.4) is 0 Å². The molecule has 7 nitrogen and oxygen atoms in total. The van der Waals surface area contributed by atoms with Gasteiger partial charge in [0, 0.05) is 29.7 Å². The summed E-state index contributed by atoms with van der Waals surface area (Å²) in [6.07, 6.45) is 3.78. The van der Waals surface area contributed by atoms with Gasteiger partial charge in [-0.3, -0.25) is 4.72 Å². The van der Waals surface area contributed by atoms with Gasteiger partial charge in [0.25, 0.3) is 0 Å². The maximum atomic E-state index is 15.3. The number of sulfonamides is 1. The number of fused-ring (bicyclic) bond motifs is 1. The number of nitrogens with zero attached hydrogens (tertiary/aromatic N) is 2. The van der Waals surface area contributed by atoms with Crippen LogP contribution < -0.4 is 15.4 Å². The first-order valence-corrected chi connectivity index (χ1v) is 13.7. The number of nitrogens with one attached hydrogen (secondary N) is 3. The van der Waals surface area contributed by atoms with E-state index in [1.165, 1.54) is 6.07 Å². The fourth-order valence-corrected chi connectivity index (χ4v) is 5.78. The molecular formula is C27H27F2N5O2S. The predicted molar refractivity (Wildman–Crippen MR) is 142 cm³/mol. The Labute approximate surface area is 214 Å². The van der Waals surface area contributed by atoms with Crippen molar-refractivity contribution in [3.63, 3.8) is 0 Å². The summed E-state index contributed by atoms with van der Waals surface area (Å²) in [4.78, 5) is 8.95. The van der Waals surface area contributed by atoms with Crippen molar-refractivity contribution < 1.29 is 17.2 Å². The van der Waals surface area contributed by atoms with Crippen molar-refractivity contribution in [3.8, 4) is 11.1 Å². The normalized spacial score (nSPS) is 16.0. The molecule has 1 aliphatic heterocycles. The third-order valence-electron chi connectivity index (χ3n) is 6.37. The highest BCUT2D eigenvalue weighted by molar-refractivity contribution is 7.91. The lowest BCUT2D eigenvalue weighted by Gasteiger charge is -2.23. The van der Waals surface area contributed by atoms with Crippen molar-refractivity contribution in [1.29, 1.82) is 0 Å². The van der Waals surface area contributed by atoms with E-state index in [9.17, 15) is 8.42 Å². The summed E-state index contributed by atoms with van der Waals surface area (Å²) in [5.41, 5.74) is 1.68. The average Bonchev–Trinajstić information content (AvgIpc) is 2.88. The maximum absolute atomic E-state index is 15.3. The Morgan fingerprint density at radius 2 is 1.89 bits per heavy atom. The molecule has 3 N–H and O–H groups in total. The molecule has 0 aliphatic carbocycles. The van der Waals surface area contributed by atoms with Gasteiger partial charge in [-0.25, -0.2) is 27.2 Å². The highest BCUT2D eigenvalue weighted by atomic mass is 32.2. The first-order chi connectivity index (χ1) is 17.8. The minimum atomic E-state index is -3.95. The van der Waals surface area contributed by atoms with Crippen LogP contribution in [0.4, 0.5) is 20.4 Å². The van der Waals surface area contributed by atoms with Gasteiger partial charge in [0.15, 0.2) is 11.6 Å². The van der Waals surface area contributed by atoms with E-state index in [4.69, 9.17) is 0 Å². The zero-order valence-corrected chi connectivity index (χ0v) is 21.1. The van der Waals surface area contributed by atoms with E-state index in [-0.39, 0.29) is 17.4 Å². The molecule has 0 bridgehead atoms. The van der Waals surface area contributed by atoms with Crippen LogP contribution >= 0.6 is 0 Å². The van der Waals surface area contributed by atoms with E-state index in [0.717, 1.165) is 25.9 Å². The lowest BCUT2D eigenvalue weighted by molar-refractivity contribution is 0.478. The zero-order chi connectivity index (χ0) is 26.0. The van der Waals surface area contributed by atoms with Crippen molar-refractivity contribution in [2.75, 3.05) is 23.1 Å². The molecule has 1 saturated heterocycles. The molecule has 1 atom stereocenters. The molecule has 0 saturated carbocycles. The van der Waals surface area contributed by atoms with Gasteiger partial charge in [0.2, 0.25) is 16.0 Å². The number of hydrogen-bond donors (Lipinski definition) is 3. The van der Waals surface area contributed by atoms with Gasteiger partial charge in [-0.1, -0.05) is 36.4 Å². The van der Waals surface area contributed by atoms with E-state index < -0.39 is 27.3 Å². The van der Waals surface area contributed by atoms with Crippen LogP contribution in [0.25, 0.3) is 22.0 Å². The van der Waals surface area contributed by atoms with Gasteiger partial charge < -0.3 is 10.6 Å². The molecule has 3 aromatic carbocycles. The van der Waals surface area contributed by atoms with Gasteiger partial charge in [-0.15, -0.1) is 0 Å². The number of piperidine rings is 1. The van der Waals surface area contributed by atoms with Crippen molar-refractivity contribution in [2.24, 2.45) is 0 Å². The van der Waals surface area contributed by atoms with E-state index >= 15 is 8.78 Å². The molecule has 2 heterocycles. The van der Waals surface area contributed by atoms with Crippen molar-refractivity contribution in [3.05, 3.63) is 83.6 Å². The Hall–Kier alpha value is -3.63. The fraction of sp³-hybridized carbons (Fsp3) is 0.259. The van der Waals surface area contributed by atoms with Crippen LogP contribution in [0.5, 0.6) is 0 Å². The third-order valence-corrected chi connectivity index (χ3v) is 7.61. The Bertz CT molecular complexity index is 1540. The van der Waals surface area contributed by atoms with Gasteiger partial charge >= 0.3 is 0 Å². The number of aryl methyl sites for hydroxylation is 1. The number of benzene rings is 3. The van der Waals surface area contributed by atoms with E-state index in [1.807, 2.05) is 0 Å². The van der Waals surface area contributed by atoms with E-state index in [2.05, 4.69) is 25.3 Å². The summed E-state index contributed by atoms with van der Waals surface area (Å²) in [5.74, 6) is -2.21. The van der Waals surface area contributed by atoms with Gasteiger partial charge in [-0.05, 0) is 61.2 Å². The van der Waals surface area contributed by atoms with Crippen LogP contribution in [0.15, 0.2) is 60.8 Å². The summed E-state index contributed by atoms with van der Waals surface area (Å²) in [6, 6.07) is 15.2. The van der Waals surface area contributed by atoms with Crippen molar-refractivity contribution in [1.82, 2.24) is 15.3 Å². The maximum Gasteiger partial charge on any atom is 0.237 e. The number of anilines is 2. The van der Waals surface area contributed by atoms with E-state index in [0.29, 0.717) is 33.5 Å². The summed E-state index contributed by atoms with van der Waals surface area (Å²) in [7, 11) is -3.95. The first-order valence-electron chi connectivity index (χ1n) is 12.1. The molecule has 1 aliphatic rings. The predicted octanol–water partition coefficient (Wildman–Crippen LogP) is 4.99. The topological polar surface area (TPSA) is 96.0 Å². The Kier molecular flexibility index (Phi) is 7.03. The molecule has 4 aromatic rings. The number of halogens is 2. The fourth-order valence-electron chi connectivity index (χ4n) is 4.60. The number of hydrogen-bond acceptors (Lipinski definition) is 6. The quantitative estimate of drug-likeness (QED) is 0.316. The third kappa shape index (κ3) is 5.70. The van der Waals surface area contributed by atoms with Gasteiger partial charge in [0.1, 0.15) is 0 Å². The molecular weight excluding hydrogens is 496 g/mol. The molecule has 192 valence electrons. The minimum Gasteiger partial charge on any atom is -0.350 e. The van der Waals surface area contributed by atoms with Crippen molar-refractivity contribution >= 4 is 32.6 Å². The molecule has 37 heavy (non-hydrogen) atoms. The first kappa shape index (κ1) is 25.0. The molecule has 0 amide bonds. The SMILES string of the molecule is Cc1cc(NS(=O)(=O)Cc2ccccc2)c(F)c(F)c1-c1ccc2nc(N[C@H]3CCCNC3)ncc2c1. The monoisotopic (exact) mass is 523 g/mol.